The molecule has 0 saturated heterocycles. The molecule has 1 atom stereocenters. The third-order valence-electron chi connectivity index (χ3n) is 2.09. The molecule has 2 heterocycles. The third kappa shape index (κ3) is 2.27. The van der Waals surface area contributed by atoms with Crippen LogP contribution in [0.3, 0.4) is 0 Å². The maximum absolute atomic E-state index is 12.9. The predicted molar refractivity (Wildman–Crippen MR) is 57.9 cm³/mol. The Bertz CT molecular complexity index is 485. The van der Waals surface area contributed by atoms with Gasteiger partial charge in [-0.2, -0.15) is 4.98 Å². The fourth-order valence-electron chi connectivity index (χ4n) is 1.43. The van der Waals surface area contributed by atoms with Gasteiger partial charge in [0.1, 0.15) is 5.82 Å². The van der Waals surface area contributed by atoms with Crippen LogP contribution in [0.2, 0.25) is 0 Å². The Morgan fingerprint density at radius 3 is 3.12 bits per heavy atom. The summed E-state index contributed by atoms with van der Waals surface area (Å²) in [6, 6.07) is 3.04. The van der Waals surface area contributed by atoms with Crippen molar-refractivity contribution in [1.29, 1.82) is 0 Å². The smallest absolute Gasteiger partial charge is 0.243 e. The van der Waals surface area contributed by atoms with Crippen molar-refractivity contribution in [3.05, 3.63) is 24.1 Å². The van der Waals surface area contributed by atoms with Crippen LogP contribution in [-0.2, 0) is 4.74 Å². The first-order valence-electron chi connectivity index (χ1n) is 4.96. The van der Waals surface area contributed by atoms with Crippen molar-refractivity contribution < 1.29 is 9.13 Å². The van der Waals surface area contributed by atoms with E-state index >= 15 is 0 Å². The normalized spacial score (nSPS) is 12.9. The van der Waals surface area contributed by atoms with Gasteiger partial charge < -0.3 is 10.1 Å². The molecule has 1 unspecified atom stereocenters. The number of anilines is 1. The zero-order chi connectivity index (χ0) is 11.5. The van der Waals surface area contributed by atoms with Gasteiger partial charge >= 0.3 is 0 Å². The average Bonchev–Trinajstić information content (AvgIpc) is 2.59. The van der Waals surface area contributed by atoms with Crippen LogP contribution in [0.4, 0.5) is 10.3 Å². The molecule has 2 rings (SSSR count). The SMILES string of the molecule is COCC(C)Nc1nc2ccc(F)cn2n1. The van der Waals surface area contributed by atoms with Crippen molar-refractivity contribution in [3.63, 3.8) is 0 Å². The molecule has 5 nitrogen and oxygen atoms in total. The Morgan fingerprint density at radius 2 is 2.38 bits per heavy atom. The number of hydrogen-bond donors (Lipinski definition) is 1. The topological polar surface area (TPSA) is 51.5 Å². The summed E-state index contributed by atoms with van der Waals surface area (Å²) >= 11 is 0. The molecule has 0 saturated carbocycles. The van der Waals surface area contributed by atoms with Crippen LogP contribution in [0.5, 0.6) is 0 Å². The first kappa shape index (κ1) is 10.8. The lowest BCUT2D eigenvalue weighted by molar-refractivity contribution is 0.190. The minimum absolute atomic E-state index is 0.104. The lowest BCUT2D eigenvalue weighted by Gasteiger charge is -2.09. The van der Waals surface area contributed by atoms with E-state index in [1.165, 1.54) is 16.8 Å². The Morgan fingerprint density at radius 1 is 1.56 bits per heavy atom. The van der Waals surface area contributed by atoms with Gasteiger partial charge in [0, 0.05) is 13.2 Å². The molecule has 0 aromatic carbocycles. The molecule has 1 N–H and O–H groups in total. The summed E-state index contributed by atoms with van der Waals surface area (Å²) in [6.07, 6.45) is 1.29. The minimum atomic E-state index is -0.339. The van der Waals surface area contributed by atoms with Gasteiger partial charge in [-0.15, -0.1) is 5.10 Å². The first-order valence-corrected chi connectivity index (χ1v) is 4.96. The van der Waals surface area contributed by atoms with Gasteiger partial charge in [0.05, 0.1) is 12.8 Å². The zero-order valence-electron chi connectivity index (χ0n) is 9.14. The van der Waals surface area contributed by atoms with Crippen LogP contribution < -0.4 is 5.32 Å². The monoisotopic (exact) mass is 224 g/mol. The van der Waals surface area contributed by atoms with E-state index in [1.54, 1.807) is 13.2 Å². The second-order valence-electron chi connectivity index (χ2n) is 3.59. The van der Waals surface area contributed by atoms with Crippen molar-refractivity contribution in [2.24, 2.45) is 0 Å². The second-order valence-corrected chi connectivity index (χ2v) is 3.59. The van der Waals surface area contributed by atoms with E-state index in [-0.39, 0.29) is 11.9 Å². The molecule has 86 valence electrons. The van der Waals surface area contributed by atoms with E-state index in [0.717, 1.165) is 0 Å². The molecular formula is C10H13FN4O. The zero-order valence-corrected chi connectivity index (χ0v) is 9.14. The van der Waals surface area contributed by atoms with Gasteiger partial charge in [0.25, 0.3) is 0 Å². The number of nitrogens with zero attached hydrogens (tertiary/aromatic N) is 3. The van der Waals surface area contributed by atoms with Gasteiger partial charge in [-0.05, 0) is 19.1 Å². The molecule has 16 heavy (non-hydrogen) atoms. The minimum Gasteiger partial charge on any atom is -0.383 e. The van der Waals surface area contributed by atoms with Crippen molar-refractivity contribution in [1.82, 2.24) is 14.6 Å². The molecule has 0 bridgehead atoms. The Labute approximate surface area is 92.2 Å². The van der Waals surface area contributed by atoms with Crippen LogP contribution in [0, 0.1) is 5.82 Å². The molecule has 0 amide bonds. The molecule has 0 aliphatic heterocycles. The number of nitrogens with one attached hydrogen (secondary N) is 1. The first-order chi connectivity index (χ1) is 7.69. The quantitative estimate of drug-likeness (QED) is 0.850. The Kier molecular flexibility index (Phi) is 3.00. The van der Waals surface area contributed by atoms with Gasteiger partial charge in [-0.1, -0.05) is 0 Å². The summed E-state index contributed by atoms with van der Waals surface area (Å²) in [5.74, 6) is 0.129. The fourth-order valence-corrected chi connectivity index (χ4v) is 1.43. The molecule has 0 spiro atoms. The average molecular weight is 224 g/mol. The van der Waals surface area contributed by atoms with Gasteiger partial charge in [0.15, 0.2) is 5.65 Å². The highest BCUT2D eigenvalue weighted by atomic mass is 19.1. The molecule has 2 aromatic heterocycles. The molecule has 0 fully saturated rings. The van der Waals surface area contributed by atoms with Crippen molar-refractivity contribution in [2.75, 3.05) is 19.0 Å². The maximum Gasteiger partial charge on any atom is 0.243 e. The van der Waals surface area contributed by atoms with E-state index in [0.29, 0.717) is 18.2 Å². The van der Waals surface area contributed by atoms with Gasteiger partial charge in [-0.3, -0.25) is 0 Å². The molecular weight excluding hydrogens is 211 g/mol. The number of hydrogen-bond acceptors (Lipinski definition) is 4. The lowest BCUT2D eigenvalue weighted by atomic mass is 10.4. The number of halogens is 1. The molecule has 0 radical (unpaired) electrons. The summed E-state index contributed by atoms with van der Waals surface area (Å²) in [5, 5.41) is 7.16. The van der Waals surface area contributed by atoms with Crippen molar-refractivity contribution >= 4 is 11.6 Å². The summed E-state index contributed by atoms with van der Waals surface area (Å²) < 4.78 is 19.3. The lowest BCUT2D eigenvalue weighted by Crippen LogP contribution is -2.21. The Hall–Kier alpha value is -1.69. The largest absolute Gasteiger partial charge is 0.383 e. The number of aromatic nitrogens is 3. The number of fused-ring (bicyclic) bond motifs is 1. The van der Waals surface area contributed by atoms with Gasteiger partial charge in [0.2, 0.25) is 5.95 Å². The van der Waals surface area contributed by atoms with Crippen LogP contribution in [0.25, 0.3) is 5.65 Å². The number of pyridine rings is 1. The summed E-state index contributed by atoms with van der Waals surface area (Å²) in [4.78, 5) is 4.19. The van der Waals surface area contributed by atoms with E-state index in [1.807, 2.05) is 6.92 Å². The molecule has 0 aliphatic rings. The highest BCUT2D eigenvalue weighted by Crippen LogP contribution is 2.07. The summed E-state index contributed by atoms with van der Waals surface area (Å²) in [7, 11) is 1.63. The second kappa shape index (κ2) is 4.44. The highest BCUT2D eigenvalue weighted by molar-refractivity contribution is 5.43. The summed E-state index contributed by atoms with van der Waals surface area (Å²) in [6.45, 7) is 2.51. The maximum atomic E-state index is 12.9. The molecule has 0 aliphatic carbocycles. The molecule has 2 aromatic rings. The highest BCUT2D eigenvalue weighted by Gasteiger charge is 2.07. The van der Waals surface area contributed by atoms with Crippen molar-refractivity contribution in [3.8, 4) is 0 Å². The van der Waals surface area contributed by atoms with E-state index in [2.05, 4.69) is 15.4 Å². The number of methoxy groups -OCH3 is 1. The predicted octanol–water partition coefficient (Wildman–Crippen LogP) is 1.32. The Balaban J connectivity index is 2.19. The third-order valence-corrected chi connectivity index (χ3v) is 2.09. The van der Waals surface area contributed by atoms with Crippen LogP contribution in [0.15, 0.2) is 18.3 Å². The van der Waals surface area contributed by atoms with Crippen LogP contribution >= 0.6 is 0 Å². The van der Waals surface area contributed by atoms with Crippen LogP contribution in [-0.4, -0.2) is 34.4 Å². The van der Waals surface area contributed by atoms with E-state index < -0.39 is 0 Å². The van der Waals surface area contributed by atoms with E-state index in [9.17, 15) is 4.39 Å². The number of rotatable bonds is 4. The van der Waals surface area contributed by atoms with Crippen molar-refractivity contribution in [2.45, 2.75) is 13.0 Å². The molecule has 6 heteroatoms. The van der Waals surface area contributed by atoms with Gasteiger partial charge in [-0.25, -0.2) is 8.91 Å². The van der Waals surface area contributed by atoms with Crippen LogP contribution in [0.1, 0.15) is 6.92 Å². The summed E-state index contributed by atoms with van der Waals surface area (Å²) in [5.41, 5.74) is 0.605. The fraction of sp³-hybridized carbons (Fsp3) is 0.400. The number of ether oxygens (including phenoxy) is 1. The van der Waals surface area contributed by atoms with E-state index in [4.69, 9.17) is 4.74 Å². The standard InChI is InChI=1S/C10H13FN4O/c1-7(6-16-2)12-10-13-9-4-3-8(11)5-15(9)14-10/h3-5,7H,6H2,1-2H3,(H,12,14).